The van der Waals surface area contributed by atoms with Gasteiger partial charge in [-0.25, -0.2) is 0 Å². The summed E-state index contributed by atoms with van der Waals surface area (Å²) in [6.45, 7) is 4.72. The third-order valence-electron chi connectivity index (χ3n) is 2.28. The summed E-state index contributed by atoms with van der Waals surface area (Å²) in [5, 5.41) is 0. The molecule has 1 unspecified atom stereocenters. The van der Waals surface area contributed by atoms with Gasteiger partial charge in [-0.2, -0.15) is 0 Å². The Morgan fingerprint density at radius 1 is 1.43 bits per heavy atom. The molecule has 1 fully saturated rings. The molecule has 0 spiro atoms. The van der Waals surface area contributed by atoms with E-state index in [1.54, 1.807) is 0 Å². The van der Waals surface area contributed by atoms with E-state index in [1.807, 2.05) is 24.3 Å². The van der Waals surface area contributed by atoms with Gasteiger partial charge in [-0.05, 0) is 11.1 Å². The molecule has 14 heavy (non-hydrogen) atoms. The summed E-state index contributed by atoms with van der Waals surface area (Å²) in [6.07, 6.45) is 5.49. The fourth-order valence-electron chi connectivity index (χ4n) is 1.41. The number of hydrogen-bond donors (Lipinski definition) is 0. The Bertz CT molecular complexity index is 334. The third kappa shape index (κ3) is 2.57. The number of allylic oxidation sites excluding steroid dienone is 1. The van der Waals surface area contributed by atoms with E-state index in [-0.39, 0.29) is 0 Å². The highest BCUT2D eigenvalue weighted by Crippen LogP contribution is 2.21. The van der Waals surface area contributed by atoms with Gasteiger partial charge in [0.15, 0.2) is 0 Å². The molecule has 1 aromatic rings. The molecule has 0 bridgehead atoms. The van der Waals surface area contributed by atoms with Gasteiger partial charge in [0, 0.05) is 6.42 Å². The molecule has 0 aliphatic carbocycles. The quantitative estimate of drug-likeness (QED) is 0.520. The third-order valence-corrected chi connectivity index (χ3v) is 2.28. The maximum Gasteiger partial charge on any atom is 0.0850 e. The molecular formula is C13H14O. The molecule has 2 rings (SSSR count). The van der Waals surface area contributed by atoms with Gasteiger partial charge in [-0.1, -0.05) is 49.1 Å². The normalized spacial score (nSPS) is 20.6. The molecule has 1 nitrogen and oxygen atoms in total. The second kappa shape index (κ2) is 4.25. The van der Waals surface area contributed by atoms with Gasteiger partial charge in [0.1, 0.15) is 0 Å². The molecule has 72 valence electrons. The minimum atomic E-state index is 0.433. The van der Waals surface area contributed by atoms with Crippen LogP contribution in [-0.2, 0) is 4.74 Å². The van der Waals surface area contributed by atoms with Crippen LogP contribution in [0.4, 0.5) is 0 Å². The first-order valence-electron chi connectivity index (χ1n) is 4.88. The zero-order valence-electron chi connectivity index (χ0n) is 8.15. The lowest BCUT2D eigenvalue weighted by Gasteiger charge is -1.98. The van der Waals surface area contributed by atoms with Crippen LogP contribution in [0, 0.1) is 0 Å². The highest BCUT2D eigenvalue weighted by atomic mass is 16.6. The smallest absolute Gasteiger partial charge is 0.0850 e. The van der Waals surface area contributed by atoms with Gasteiger partial charge in [0.05, 0.1) is 12.7 Å². The van der Waals surface area contributed by atoms with E-state index >= 15 is 0 Å². The standard InChI is InChI=1S/C13H14O/c1-2-11(9-13-10-14-13)8-12-6-4-3-5-7-12/h2-8,13H,1,9-10H2. The summed E-state index contributed by atoms with van der Waals surface area (Å²) in [7, 11) is 0. The summed E-state index contributed by atoms with van der Waals surface area (Å²) in [6, 6.07) is 10.3. The Kier molecular flexibility index (Phi) is 2.80. The van der Waals surface area contributed by atoms with Gasteiger partial charge in [0.25, 0.3) is 0 Å². The van der Waals surface area contributed by atoms with Crippen LogP contribution in [0.25, 0.3) is 6.08 Å². The van der Waals surface area contributed by atoms with E-state index in [0.29, 0.717) is 6.10 Å². The van der Waals surface area contributed by atoms with Crippen molar-refractivity contribution in [2.75, 3.05) is 6.61 Å². The minimum Gasteiger partial charge on any atom is -0.373 e. The molecule has 0 saturated carbocycles. The zero-order valence-corrected chi connectivity index (χ0v) is 8.15. The van der Waals surface area contributed by atoms with Crippen LogP contribution < -0.4 is 0 Å². The molecule has 0 aromatic heterocycles. The monoisotopic (exact) mass is 186 g/mol. The van der Waals surface area contributed by atoms with Gasteiger partial charge in [-0.15, -0.1) is 0 Å². The highest BCUT2D eigenvalue weighted by molar-refractivity contribution is 5.55. The van der Waals surface area contributed by atoms with Gasteiger partial charge in [0.2, 0.25) is 0 Å². The fraction of sp³-hybridized carbons (Fsp3) is 0.231. The maximum absolute atomic E-state index is 5.19. The molecule has 0 amide bonds. The van der Waals surface area contributed by atoms with Crippen LogP contribution in [-0.4, -0.2) is 12.7 Å². The van der Waals surface area contributed by atoms with Crippen molar-refractivity contribution in [3.05, 3.63) is 54.1 Å². The summed E-state index contributed by atoms with van der Waals surface area (Å²) in [5.41, 5.74) is 2.47. The highest BCUT2D eigenvalue weighted by Gasteiger charge is 2.22. The summed E-state index contributed by atoms with van der Waals surface area (Å²) >= 11 is 0. The van der Waals surface area contributed by atoms with Crippen LogP contribution in [0.2, 0.25) is 0 Å². The van der Waals surface area contributed by atoms with E-state index in [1.165, 1.54) is 11.1 Å². The summed E-state index contributed by atoms with van der Waals surface area (Å²) in [5.74, 6) is 0. The Morgan fingerprint density at radius 2 is 2.14 bits per heavy atom. The molecule has 1 heteroatoms. The first kappa shape index (κ1) is 9.22. The predicted octanol–water partition coefficient (Wildman–Crippen LogP) is 3.04. The van der Waals surface area contributed by atoms with Crippen molar-refractivity contribution in [1.29, 1.82) is 0 Å². The van der Waals surface area contributed by atoms with Crippen molar-refractivity contribution in [3.63, 3.8) is 0 Å². The topological polar surface area (TPSA) is 12.5 Å². The average Bonchev–Trinajstić information content (AvgIpc) is 3.02. The fourth-order valence-corrected chi connectivity index (χ4v) is 1.41. The molecule has 1 aliphatic heterocycles. The Balaban J connectivity index is 2.09. The lowest BCUT2D eigenvalue weighted by Crippen LogP contribution is -1.87. The van der Waals surface area contributed by atoms with E-state index in [4.69, 9.17) is 4.74 Å². The molecular weight excluding hydrogens is 172 g/mol. The van der Waals surface area contributed by atoms with Gasteiger partial charge < -0.3 is 4.74 Å². The van der Waals surface area contributed by atoms with E-state index in [9.17, 15) is 0 Å². The molecule has 1 heterocycles. The first-order valence-corrected chi connectivity index (χ1v) is 4.88. The molecule has 1 aromatic carbocycles. The lowest BCUT2D eigenvalue weighted by atomic mass is 10.1. The van der Waals surface area contributed by atoms with Crippen molar-refractivity contribution in [3.8, 4) is 0 Å². The molecule has 0 N–H and O–H groups in total. The largest absolute Gasteiger partial charge is 0.373 e. The first-order chi connectivity index (χ1) is 6.88. The molecule has 1 saturated heterocycles. The second-order valence-electron chi connectivity index (χ2n) is 3.49. The Hall–Kier alpha value is -1.34. The average molecular weight is 186 g/mol. The van der Waals surface area contributed by atoms with Crippen LogP contribution in [0.3, 0.4) is 0 Å². The van der Waals surface area contributed by atoms with Crippen molar-refractivity contribution in [1.82, 2.24) is 0 Å². The number of hydrogen-bond acceptors (Lipinski definition) is 1. The van der Waals surface area contributed by atoms with E-state index in [2.05, 4.69) is 24.8 Å². The van der Waals surface area contributed by atoms with Crippen LogP contribution in [0.1, 0.15) is 12.0 Å². The summed E-state index contributed by atoms with van der Waals surface area (Å²) < 4.78 is 5.19. The van der Waals surface area contributed by atoms with E-state index < -0.39 is 0 Å². The van der Waals surface area contributed by atoms with Crippen molar-refractivity contribution in [2.24, 2.45) is 0 Å². The number of benzene rings is 1. The second-order valence-corrected chi connectivity index (χ2v) is 3.49. The van der Waals surface area contributed by atoms with Gasteiger partial charge in [-0.3, -0.25) is 0 Å². The molecule has 1 atom stereocenters. The molecule has 0 radical (unpaired) electrons. The number of rotatable bonds is 4. The lowest BCUT2D eigenvalue weighted by molar-refractivity contribution is 0.408. The zero-order chi connectivity index (χ0) is 9.80. The van der Waals surface area contributed by atoms with Crippen molar-refractivity contribution < 1.29 is 4.74 Å². The van der Waals surface area contributed by atoms with Crippen molar-refractivity contribution >= 4 is 6.08 Å². The van der Waals surface area contributed by atoms with Crippen LogP contribution >= 0.6 is 0 Å². The Morgan fingerprint density at radius 3 is 2.71 bits per heavy atom. The van der Waals surface area contributed by atoms with E-state index in [0.717, 1.165) is 13.0 Å². The maximum atomic E-state index is 5.19. The predicted molar refractivity (Wildman–Crippen MR) is 59.0 cm³/mol. The Labute approximate surface area is 84.7 Å². The van der Waals surface area contributed by atoms with Crippen LogP contribution in [0.5, 0.6) is 0 Å². The van der Waals surface area contributed by atoms with Gasteiger partial charge >= 0.3 is 0 Å². The summed E-state index contributed by atoms with van der Waals surface area (Å²) in [4.78, 5) is 0. The molecule has 1 aliphatic rings. The van der Waals surface area contributed by atoms with Crippen molar-refractivity contribution in [2.45, 2.75) is 12.5 Å². The minimum absolute atomic E-state index is 0.433. The van der Waals surface area contributed by atoms with Crippen LogP contribution in [0.15, 0.2) is 48.6 Å². The number of epoxide rings is 1. The SMILES string of the molecule is C=CC(=Cc1ccccc1)CC1CO1. The number of ether oxygens (including phenoxy) is 1.